The molecule has 0 saturated carbocycles. The van der Waals surface area contributed by atoms with Gasteiger partial charge in [0.05, 0.1) is 45.5 Å². The van der Waals surface area contributed by atoms with Gasteiger partial charge in [-0.25, -0.2) is 9.67 Å². The lowest BCUT2D eigenvalue weighted by Crippen LogP contribution is -1.99. The summed E-state index contributed by atoms with van der Waals surface area (Å²) in [5.74, 6) is 0. The minimum atomic E-state index is 0.921. The molecule has 11 aromatic rings. The third-order valence-electron chi connectivity index (χ3n) is 10.8. The average Bonchev–Trinajstić information content (AvgIpc) is 3.83. The summed E-state index contributed by atoms with van der Waals surface area (Å²) in [6, 6.07) is 67.0. The Hall–Kier alpha value is -7.30. The zero-order valence-corrected chi connectivity index (χ0v) is 29.3. The highest BCUT2D eigenvalue weighted by atomic mass is 15.3. The smallest absolute Gasteiger partial charge is 0.0748 e. The number of hydrogen-bond donors (Lipinski definition) is 0. The summed E-state index contributed by atoms with van der Waals surface area (Å²) in [5.41, 5.74) is 11.7. The van der Waals surface area contributed by atoms with Crippen molar-refractivity contribution in [3.63, 3.8) is 0 Å². The predicted molar refractivity (Wildman–Crippen MR) is 225 cm³/mol. The van der Waals surface area contributed by atoms with Crippen LogP contribution in [0, 0.1) is 0 Å². The van der Waals surface area contributed by atoms with Gasteiger partial charge < -0.3 is 4.57 Å². The maximum absolute atomic E-state index is 5.38. The van der Waals surface area contributed by atoms with E-state index in [1.165, 1.54) is 32.3 Å². The Kier molecular flexibility index (Phi) is 6.82. The van der Waals surface area contributed by atoms with E-state index in [4.69, 9.17) is 10.1 Å². The minimum Gasteiger partial charge on any atom is -0.309 e. The molecule has 0 spiro atoms. The zero-order chi connectivity index (χ0) is 35.6. The van der Waals surface area contributed by atoms with Crippen LogP contribution in [0.15, 0.2) is 194 Å². The number of fused-ring (bicyclic) bond motifs is 8. The van der Waals surface area contributed by atoms with E-state index in [1.807, 2.05) is 16.9 Å². The van der Waals surface area contributed by atoms with Gasteiger partial charge in [-0.05, 0) is 87.3 Å². The van der Waals surface area contributed by atoms with Gasteiger partial charge in [-0.2, -0.15) is 5.10 Å². The first-order valence-corrected chi connectivity index (χ1v) is 18.3. The van der Waals surface area contributed by atoms with Gasteiger partial charge in [0.25, 0.3) is 0 Å². The topological polar surface area (TPSA) is 35.6 Å². The summed E-state index contributed by atoms with van der Waals surface area (Å²) in [7, 11) is 0. The van der Waals surface area contributed by atoms with Gasteiger partial charge in [0.1, 0.15) is 0 Å². The first-order chi connectivity index (χ1) is 26.8. The summed E-state index contributed by atoms with van der Waals surface area (Å²) in [5, 5.41) is 13.4. The van der Waals surface area contributed by atoms with Crippen LogP contribution < -0.4 is 0 Å². The average molecular weight is 689 g/mol. The molecule has 11 rings (SSSR count). The number of aromatic nitrogens is 4. The van der Waals surface area contributed by atoms with Gasteiger partial charge in [-0.15, -0.1) is 0 Å². The molecule has 0 fully saturated rings. The van der Waals surface area contributed by atoms with E-state index < -0.39 is 0 Å². The van der Waals surface area contributed by atoms with E-state index in [1.54, 1.807) is 0 Å². The molecule has 252 valence electrons. The molecule has 3 aromatic heterocycles. The van der Waals surface area contributed by atoms with E-state index in [2.05, 4.69) is 187 Å². The number of rotatable bonds is 5. The standard InChI is InChI=1S/C50H32N4/c1-4-14-33(15-5-1)37-29-44(35-17-6-2-7-18-35)52-45(30-37)40-22-12-13-23-46(40)53-48-27-26-47-43(32-51-54(47)38-19-8-3-9-20-38)50(48)42-28-36-25-24-34-16-10-11-21-39(34)41(36)31-49(42)53/h1-32H. The molecular weight excluding hydrogens is 657 g/mol. The van der Waals surface area contributed by atoms with Gasteiger partial charge in [-0.1, -0.05) is 133 Å². The maximum Gasteiger partial charge on any atom is 0.0748 e. The molecular formula is C50H32N4. The van der Waals surface area contributed by atoms with E-state index in [0.29, 0.717) is 0 Å². The Morgan fingerprint density at radius 2 is 1.06 bits per heavy atom. The number of pyridine rings is 1. The van der Waals surface area contributed by atoms with Crippen LogP contribution in [0.2, 0.25) is 0 Å². The van der Waals surface area contributed by atoms with Crippen molar-refractivity contribution in [1.82, 2.24) is 19.3 Å². The minimum absolute atomic E-state index is 0.921. The van der Waals surface area contributed by atoms with Crippen LogP contribution in [0.5, 0.6) is 0 Å². The van der Waals surface area contributed by atoms with Crippen molar-refractivity contribution >= 4 is 54.3 Å². The van der Waals surface area contributed by atoms with E-state index >= 15 is 0 Å². The Morgan fingerprint density at radius 1 is 0.389 bits per heavy atom. The van der Waals surface area contributed by atoms with E-state index in [0.717, 1.165) is 67.0 Å². The van der Waals surface area contributed by atoms with Crippen LogP contribution in [-0.4, -0.2) is 19.3 Å². The first kappa shape index (κ1) is 30.3. The molecule has 8 aromatic carbocycles. The Bertz CT molecular complexity index is 3140. The van der Waals surface area contributed by atoms with Crippen LogP contribution >= 0.6 is 0 Å². The van der Waals surface area contributed by atoms with Crippen LogP contribution in [0.3, 0.4) is 0 Å². The van der Waals surface area contributed by atoms with Crippen molar-refractivity contribution in [3.8, 4) is 45.0 Å². The molecule has 0 atom stereocenters. The molecule has 0 bridgehead atoms. The maximum atomic E-state index is 5.38. The number of nitrogens with zero attached hydrogens (tertiary/aromatic N) is 4. The fourth-order valence-corrected chi connectivity index (χ4v) is 8.26. The fourth-order valence-electron chi connectivity index (χ4n) is 8.26. The number of para-hydroxylation sites is 2. The van der Waals surface area contributed by atoms with E-state index in [9.17, 15) is 0 Å². The largest absolute Gasteiger partial charge is 0.309 e. The molecule has 54 heavy (non-hydrogen) atoms. The Morgan fingerprint density at radius 3 is 1.89 bits per heavy atom. The normalized spacial score (nSPS) is 11.7. The molecule has 3 heterocycles. The third-order valence-corrected chi connectivity index (χ3v) is 10.8. The zero-order valence-electron chi connectivity index (χ0n) is 29.3. The van der Waals surface area contributed by atoms with Crippen LogP contribution in [0.4, 0.5) is 0 Å². The molecule has 0 radical (unpaired) electrons. The summed E-state index contributed by atoms with van der Waals surface area (Å²) in [4.78, 5) is 5.38. The molecule has 4 heteroatoms. The van der Waals surface area contributed by atoms with Crippen molar-refractivity contribution in [3.05, 3.63) is 194 Å². The first-order valence-electron chi connectivity index (χ1n) is 18.3. The quantitative estimate of drug-likeness (QED) is 0.169. The predicted octanol–water partition coefficient (Wildman–Crippen LogP) is 12.8. The summed E-state index contributed by atoms with van der Waals surface area (Å²) in [6.45, 7) is 0. The number of benzene rings is 8. The molecule has 0 aliphatic heterocycles. The molecule has 0 N–H and O–H groups in total. The van der Waals surface area contributed by atoms with Crippen molar-refractivity contribution in [1.29, 1.82) is 0 Å². The molecule has 4 nitrogen and oxygen atoms in total. The van der Waals surface area contributed by atoms with Gasteiger partial charge in [0.2, 0.25) is 0 Å². The van der Waals surface area contributed by atoms with Gasteiger partial charge in [-0.3, -0.25) is 0 Å². The van der Waals surface area contributed by atoms with Crippen molar-refractivity contribution in [2.45, 2.75) is 0 Å². The Labute approximate surface area is 311 Å². The third kappa shape index (κ3) is 4.78. The molecule has 0 unspecified atom stereocenters. The van der Waals surface area contributed by atoms with Crippen LogP contribution in [0.1, 0.15) is 0 Å². The number of hydrogen-bond acceptors (Lipinski definition) is 2. The second-order valence-electron chi connectivity index (χ2n) is 13.9. The highest BCUT2D eigenvalue weighted by Crippen LogP contribution is 2.42. The second kappa shape index (κ2) is 12.1. The lowest BCUT2D eigenvalue weighted by molar-refractivity contribution is 0.911. The lowest BCUT2D eigenvalue weighted by Gasteiger charge is -2.16. The van der Waals surface area contributed by atoms with Crippen LogP contribution in [-0.2, 0) is 0 Å². The van der Waals surface area contributed by atoms with Gasteiger partial charge in [0, 0.05) is 27.3 Å². The summed E-state index contributed by atoms with van der Waals surface area (Å²) in [6.07, 6.45) is 2.03. The summed E-state index contributed by atoms with van der Waals surface area (Å²) < 4.78 is 4.49. The highest BCUT2D eigenvalue weighted by Gasteiger charge is 2.21. The second-order valence-corrected chi connectivity index (χ2v) is 13.9. The van der Waals surface area contributed by atoms with Crippen LogP contribution in [0.25, 0.3) is 99.3 Å². The van der Waals surface area contributed by atoms with Gasteiger partial charge >= 0.3 is 0 Å². The van der Waals surface area contributed by atoms with Crippen molar-refractivity contribution < 1.29 is 0 Å². The van der Waals surface area contributed by atoms with E-state index in [-0.39, 0.29) is 0 Å². The fraction of sp³-hybridized carbons (Fsp3) is 0. The Balaban J connectivity index is 1.24. The monoisotopic (exact) mass is 688 g/mol. The molecule has 0 amide bonds. The SMILES string of the molecule is c1ccc(-c2cc(-c3ccccc3)nc(-c3ccccc3-n3c4cc5c(ccc6ccccc65)cc4c4c5cnn(-c6ccccc6)c5ccc43)c2)cc1. The molecule has 0 aliphatic rings. The van der Waals surface area contributed by atoms with Crippen molar-refractivity contribution in [2.75, 3.05) is 0 Å². The molecule has 0 aliphatic carbocycles. The summed E-state index contributed by atoms with van der Waals surface area (Å²) >= 11 is 0. The lowest BCUT2D eigenvalue weighted by atomic mass is 9.99. The van der Waals surface area contributed by atoms with Gasteiger partial charge in [0.15, 0.2) is 0 Å². The highest BCUT2D eigenvalue weighted by molar-refractivity contribution is 6.24. The molecule has 0 saturated heterocycles. The van der Waals surface area contributed by atoms with Crippen molar-refractivity contribution in [2.24, 2.45) is 0 Å².